The molecule has 0 fully saturated rings. The highest BCUT2D eigenvalue weighted by Crippen LogP contribution is 2.27. The number of nitro benzene ring substituents is 2. The van der Waals surface area contributed by atoms with Gasteiger partial charge in [-0.05, 0) is 12.1 Å². The van der Waals surface area contributed by atoms with Crippen LogP contribution in [0.4, 0.5) is 11.4 Å². The molecule has 0 aliphatic rings. The van der Waals surface area contributed by atoms with E-state index in [9.17, 15) is 25.0 Å². The number of rotatable bonds is 6. The largest absolute Gasteiger partial charge is 0.496 e. The van der Waals surface area contributed by atoms with E-state index in [4.69, 9.17) is 4.74 Å². The van der Waals surface area contributed by atoms with E-state index < -0.39 is 27.1 Å². The van der Waals surface area contributed by atoms with Crippen LogP contribution in [0.15, 0.2) is 42.5 Å². The van der Waals surface area contributed by atoms with Crippen LogP contribution in [-0.4, -0.2) is 22.9 Å². The van der Waals surface area contributed by atoms with Crippen LogP contribution in [0.5, 0.6) is 5.75 Å². The molecule has 0 saturated heterocycles. The Morgan fingerprint density at radius 3 is 2.38 bits per heavy atom. The Morgan fingerprint density at radius 2 is 1.75 bits per heavy atom. The van der Waals surface area contributed by atoms with E-state index in [2.05, 4.69) is 5.32 Å². The van der Waals surface area contributed by atoms with Gasteiger partial charge in [-0.1, -0.05) is 18.2 Å². The zero-order valence-electron chi connectivity index (χ0n) is 12.6. The maximum absolute atomic E-state index is 12.1. The number of nitrogens with zero attached hydrogens (tertiary/aromatic N) is 2. The maximum Gasteiger partial charge on any atom is 0.346 e. The molecule has 0 aliphatic heterocycles. The fourth-order valence-electron chi connectivity index (χ4n) is 2.09. The van der Waals surface area contributed by atoms with Gasteiger partial charge in [-0.3, -0.25) is 25.0 Å². The predicted octanol–water partition coefficient (Wildman–Crippen LogP) is 2.44. The van der Waals surface area contributed by atoms with Gasteiger partial charge in [0.25, 0.3) is 5.91 Å². The van der Waals surface area contributed by atoms with Crippen LogP contribution in [0.1, 0.15) is 15.9 Å². The van der Waals surface area contributed by atoms with E-state index in [1.165, 1.54) is 13.2 Å². The third kappa shape index (κ3) is 3.64. The van der Waals surface area contributed by atoms with Gasteiger partial charge in [-0.15, -0.1) is 0 Å². The summed E-state index contributed by atoms with van der Waals surface area (Å²) >= 11 is 0. The van der Waals surface area contributed by atoms with Crippen LogP contribution in [-0.2, 0) is 6.54 Å². The normalized spacial score (nSPS) is 10.0. The van der Waals surface area contributed by atoms with E-state index in [1.54, 1.807) is 24.3 Å². The fraction of sp³-hybridized carbons (Fsp3) is 0.133. The summed E-state index contributed by atoms with van der Waals surface area (Å²) in [7, 11) is 1.50. The zero-order chi connectivity index (χ0) is 17.7. The highest BCUT2D eigenvalue weighted by Gasteiger charge is 2.25. The molecule has 1 N–H and O–H groups in total. The Labute approximate surface area is 136 Å². The molecule has 2 rings (SSSR count). The van der Waals surface area contributed by atoms with Crippen LogP contribution in [0.25, 0.3) is 0 Å². The molecule has 2 aromatic carbocycles. The molecule has 9 heteroatoms. The van der Waals surface area contributed by atoms with E-state index in [1.807, 2.05) is 0 Å². The summed E-state index contributed by atoms with van der Waals surface area (Å²) in [4.78, 5) is 32.1. The summed E-state index contributed by atoms with van der Waals surface area (Å²) in [6.07, 6.45) is 0. The molecule has 0 heterocycles. The number of methoxy groups -OCH3 is 1. The topological polar surface area (TPSA) is 125 Å². The second-order valence-electron chi connectivity index (χ2n) is 4.71. The molecular weight excluding hydrogens is 318 g/mol. The van der Waals surface area contributed by atoms with Gasteiger partial charge in [0.2, 0.25) is 0 Å². The third-order valence-corrected chi connectivity index (χ3v) is 3.26. The van der Waals surface area contributed by atoms with Crippen molar-refractivity contribution >= 4 is 17.3 Å². The van der Waals surface area contributed by atoms with E-state index in [-0.39, 0.29) is 12.1 Å². The molecule has 0 radical (unpaired) electrons. The second kappa shape index (κ2) is 7.18. The smallest absolute Gasteiger partial charge is 0.346 e. The summed E-state index contributed by atoms with van der Waals surface area (Å²) < 4.78 is 5.16. The van der Waals surface area contributed by atoms with Crippen LogP contribution >= 0.6 is 0 Å². The molecule has 0 aromatic heterocycles. The third-order valence-electron chi connectivity index (χ3n) is 3.26. The molecule has 9 nitrogen and oxygen atoms in total. The van der Waals surface area contributed by atoms with E-state index >= 15 is 0 Å². The average molecular weight is 331 g/mol. The van der Waals surface area contributed by atoms with Gasteiger partial charge in [0.15, 0.2) is 0 Å². The van der Waals surface area contributed by atoms with Crippen molar-refractivity contribution in [1.29, 1.82) is 0 Å². The van der Waals surface area contributed by atoms with Gasteiger partial charge in [0.05, 0.1) is 17.0 Å². The average Bonchev–Trinajstić information content (AvgIpc) is 2.59. The Balaban J connectivity index is 2.19. The van der Waals surface area contributed by atoms with E-state index in [0.29, 0.717) is 5.75 Å². The number of para-hydroxylation sites is 1. The van der Waals surface area contributed by atoms with Crippen LogP contribution < -0.4 is 10.1 Å². The molecule has 0 bridgehead atoms. The first-order chi connectivity index (χ1) is 11.4. The lowest BCUT2D eigenvalue weighted by molar-refractivity contribution is -0.422. The fourth-order valence-corrected chi connectivity index (χ4v) is 2.09. The molecule has 2 aromatic rings. The lowest BCUT2D eigenvalue weighted by atomic mass is 10.1. The van der Waals surface area contributed by atoms with Crippen molar-refractivity contribution in [2.24, 2.45) is 0 Å². The number of benzene rings is 2. The summed E-state index contributed by atoms with van der Waals surface area (Å²) in [5, 5.41) is 24.3. The summed E-state index contributed by atoms with van der Waals surface area (Å²) in [6.45, 7) is 0.146. The SMILES string of the molecule is COc1ccccc1CNC(=O)c1ccc([N+](=O)[O-])c([N+](=O)[O-])c1. The molecular formula is C15H13N3O6. The standard InChI is InChI=1S/C15H13N3O6/c1-24-14-5-3-2-4-11(14)9-16-15(19)10-6-7-12(17(20)21)13(8-10)18(22)23/h2-8H,9H2,1H3,(H,16,19). The number of amides is 1. The van der Waals surface area contributed by atoms with Crippen molar-refractivity contribution in [3.05, 3.63) is 73.8 Å². The first kappa shape index (κ1) is 16.9. The van der Waals surface area contributed by atoms with Crippen molar-refractivity contribution in [1.82, 2.24) is 5.32 Å². The quantitative estimate of drug-likeness (QED) is 0.640. The molecule has 0 saturated carbocycles. The van der Waals surface area contributed by atoms with Crippen molar-refractivity contribution < 1.29 is 19.4 Å². The zero-order valence-corrected chi connectivity index (χ0v) is 12.6. The number of carbonyl (C=O) groups excluding carboxylic acids is 1. The van der Waals surface area contributed by atoms with Gasteiger partial charge in [-0.25, -0.2) is 0 Å². The van der Waals surface area contributed by atoms with Gasteiger partial charge >= 0.3 is 11.4 Å². The highest BCUT2D eigenvalue weighted by molar-refractivity contribution is 5.95. The van der Waals surface area contributed by atoms with Crippen LogP contribution in [0.2, 0.25) is 0 Å². The number of ether oxygens (including phenoxy) is 1. The first-order valence-electron chi connectivity index (χ1n) is 6.77. The molecule has 0 unspecified atom stereocenters. The molecule has 0 aliphatic carbocycles. The summed E-state index contributed by atoms with van der Waals surface area (Å²) in [5.41, 5.74) is -0.710. The Hall–Kier alpha value is -3.49. The van der Waals surface area contributed by atoms with Crippen molar-refractivity contribution in [2.75, 3.05) is 7.11 Å². The van der Waals surface area contributed by atoms with Crippen molar-refractivity contribution in [3.63, 3.8) is 0 Å². The van der Waals surface area contributed by atoms with Crippen LogP contribution in [0, 0.1) is 20.2 Å². The first-order valence-corrected chi connectivity index (χ1v) is 6.77. The lowest BCUT2D eigenvalue weighted by Gasteiger charge is -2.09. The van der Waals surface area contributed by atoms with Gasteiger partial charge < -0.3 is 10.1 Å². The van der Waals surface area contributed by atoms with E-state index in [0.717, 1.165) is 17.7 Å². The Morgan fingerprint density at radius 1 is 1.08 bits per heavy atom. The molecule has 0 atom stereocenters. The molecule has 124 valence electrons. The number of carbonyl (C=O) groups is 1. The Bertz CT molecular complexity index is 806. The molecule has 1 amide bonds. The monoisotopic (exact) mass is 331 g/mol. The number of nitro groups is 2. The molecule has 24 heavy (non-hydrogen) atoms. The number of hydrogen-bond acceptors (Lipinski definition) is 6. The minimum Gasteiger partial charge on any atom is -0.496 e. The Kier molecular flexibility index (Phi) is 5.05. The van der Waals surface area contributed by atoms with Crippen molar-refractivity contribution in [2.45, 2.75) is 6.54 Å². The second-order valence-corrected chi connectivity index (χ2v) is 4.71. The molecule has 0 spiro atoms. The number of nitrogens with one attached hydrogen (secondary N) is 1. The minimum absolute atomic E-state index is 0.0396. The van der Waals surface area contributed by atoms with Gasteiger partial charge in [0, 0.05) is 29.8 Å². The minimum atomic E-state index is -0.894. The van der Waals surface area contributed by atoms with Crippen molar-refractivity contribution in [3.8, 4) is 5.75 Å². The lowest BCUT2D eigenvalue weighted by Crippen LogP contribution is -2.23. The summed E-state index contributed by atoms with van der Waals surface area (Å²) in [5.74, 6) is 0.00591. The predicted molar refractivity (Wildman–Crippen MR) is 83.9 cm³/mol. The maximum atomic E-state index is 12.1. The van der Waals surface area contributed by atoms with Gasteiger partial charge in [0.1, 0.15) is 5.75 Å². The highest BCUT2D eigenvalue weighted by atomic mass is 16.6. The summed E-state index contributed by atoms with van der Waals surface area (Å²) in [6, 6.07) is 10.1. The number of hydrogen-bond donors (Lipinski definition) is 1. The van der Waals surface area contributed by atoms with Crippen LogP contribution in [0.3, 0.4) is 0 Å². The van der Waals surface area contributed by atoms with Gasteiger partial charge in [-0.2, -0.15) is 0 Å².